The molecule has 186 valence electrons. The van der Waals surface area contributed by atoms with E-state index in [1.54, 1.807) is 19.2 Å². The molecule has 8 heteroatoms. The predicted molar refractivity (Wildman–Crippen MR) is 129 cm³/mol. The highest BCUT2D eigenvalue weighted by Gasteiger charge is 2.48. The van der Waals surface area contributed by atoms with E-state index >= 15 is 0 Å². The fourth-order valence-electron chi connectivity index (χ4n) is 4.23. The van der Waals surface area contributed by atoms with Gasteiger partial charge in [-0.25, -0.2) is 0 Å². The Morgan fingerprint density at radius 1 is 1.03 bits per heavy atom. The van der Waals surface area contributed by atoms with E-state index in [4.69, 9.17) is 4.74 Å². The summed E-state index contributed by atoms with van der Waals surface area (Å²) >= 11 is 0. The van der Waals surface area contributed by atoms with Gasteiger partial charge in [0.15, 0.2) is 0 Å². The van der Waals surface area contributed by atoms with Crippen molar-refractivity contribution in [3.8, 4) is 11.5 Å². The number of fused-ring (bicyclic) bond motifs is 1. The number of benzene rings is 2. The van der Waals surface area contributed by atoms with Crippen molar-refractivity contribution in [3.05, 3.63) is 83.0 Å². The normalized spacial score (nSPS) is 18.6. The third kappa shape index (κ3) is 6.03. The van der Waals surface area contributed by atoms with E-state index in [0.717, 1.165) is 35.3 Å². The molecule has 1 aliphatic carbocycles. The zero-order valence-electron chi connectivity index (χ0n) is 20.0. The van der Waals surface area contributed by atoms with Crippen LogP contribution in [0.3, 0.4) is 0 Å². The highest BCUT2D eigenvalue weighted by molar-refractivity contribution is 7.88. The minimum absolute atomic E-state index is 0.0553. The SMILES string of the molecule is C/C=C\C(=C/C)C1CCc2cc(OC)ccc2C1c1ccc(OS(=O)(=O)C(F)(F)F)cc1.CC. The molecule has 2 unspecified atom stereocenters. The van der Waals surface area contributed by atoms with E-state index in [0.29, 0.717) is 0 Å². The van der Waals surface area contributed by atoms with Gasteiger partial charge in [0, 0.05) is 5.92 Å². The maximum Gasteiger partial charge on any atom is 0.534 e. The van der Waals surface area contributed by atoms with Crippen molar-refractivity contribution in [2.24, 2.45) is 5.92 Å². The quantitative estimate of drug-likeness (QED) is 0.242. The number of hydrogen-bond acceptors (Lipinski definition) is 4. The lowest BCUT2D eigenvalue weighted by Gasteiger charge is -2.35. The first-order valence-corrected chi connectivity index (χ1v) is 12.6. The van der Waals surface area contributed by atoms with Crippen LogP contribution in [-0.2, 0) is 16.5 Å². The maximum atomic E-state index is 12.6. The Bertz CT molecular complexity index is 1120. The van der Waals surface area contributed by atoms with Crippen LogP contribution in [0.1, 0.15) is 56.7 Å². The van der Waals surface area contributed by atoms with Crippen molar-refractivity contribution in [1.29, 1.82) is 0 Å². The molecule has 0 amide bonds. The van der Waals surface area contributed by atoms with Crippen LogP contribution in [0.25, 0.3) is 0 Å². The fraction of sp³-hybridized carbons (Fsp3) is 0.385. The number of alkyl halides is 3. The number of hydrogen-bond donors (Lipinski definition) is 0. The van der Waals surface area contributed by atoms with Gasteiger partial charge in [-0.2, -0.15) is 21.6 Å². The first kappa shape index (κ1) is 27.5. The zero-order chi connectivity index (χ0) is 25.5. The van der Waals surface area contributed by atoms with Gasteiger partial charge in [0.1, 0.15) is 11.5 Å². The first-order chi connectivity index (χ1) is 16.1. The third-order valence-electron chi connectivity index (χ3n) is 5.66. The molecule has 0 aromatic heterocycles. The van der Waals surface area contributed by atoms with Crippen molar-refractivity contribution < 1.29 is 30.5 Å². The highest BCUT2D eigenvalue weighted by atomic mass is 32.2. The zero-order valence-corrected chi connectivity index (χ0v) is 20.8. The van der Waals surface area contributed by atoms with Crippen LogP contribution < -0.4 is 8.92 Å². The summed E-state index contributed by atoms with van der Waals surface area (Å²) in [4.78, 5) is 0. The average molecular weight is 497 g/mol. The molecular formula is C26H31F3O4S. The Balaban J connectivity index is 0.00000199. The lowest BCUT2D eigenvalue weighted by atomic mass is 9.69. The molecule has 0 saturated heterocycles. The van der Waals surface area contributed by atoms with E-state index in [9.17, 15) is 21.6 Å². The number of halogens is 3. The Kier molecular flexibility index (Phi) is 9.38. The standard InChI is InChI=1S/C24H25F3O4S.C2H6/c1-4-6-16(5-2)21-13-9-18-15-20(30-3)12-14-22(18)23(21)17-7-10-19(11-8-17)31-32(28,29)24(25,26)27;1-2/h4-8,10-12,14-15,21,23H,9,13H2,1-3H3;1-2H3/b6-4-,16-5+;. The van der Waals surface area contributed by atoms with Crippen LogP contribution in [0.15, 0.2) is 66.3 Å². The monoisotopic (exact) mass is 496 g/mol. The van der Waals surface area contributed by atoms with Gasteiger partial charge in [0.2, 0.25) is 0 Å². The average Bonchev–Trinajstić information content (AvgIpc) is 2.82. The molecule has 34 heavy (non-hydrogen) atoms. The predicted octanol–water partition coefficient (Wildman–Crippen LogP) is 7.17. The maximum absolute atomic E-state index is 12.6. The second kappa shape index (κ2) is 11.6. The van der Waals surface area contributed by atoms with Crippen LogP contribution in [-0.4, -0.2) is 21.0 Å². The molecule has 0 saturated carbocycles. The first-order valence-electron chi connectivity index (χ1n) is 11.2. The topological polar surface area (TPSA) is 52.6 Å². The van der Waals surface area contributed by atoms with Crippen molar-refractivity contribution >= 4 is 10.1 Å². The third-order valence-corrected chi connectivity index (χ3v) is 6.64. The van der Waals surface area contributed by atoms with Gasteiger partial charge in [-0.3, -0.25) is 0 Å². The van der Waals surface area contributed by atoms with E-state index in [2.05, 4.69) is 16.3 Å². The van der Waals surface area contributed by atoms with Crippen LogP contribution in [0.2, 0.25) is 0 Å². The lowest BCUT2D eigenvalue weighted by Crippen LogP contribution is -2.28. The van der Waals surface area contributed by atoms with Gasteiger partial charge >= 0.3 is 15.6 Å². The summed E-state index contributed by atoms with van der Waals surface area (Å²) in [6.45, 7) is 7.93. The molecule has 0 aliphatic heterocycles. The van der Waals surface area contributed by atoms with E-state index in [1.165, 1.54) is 17.7 Å². The summed E-state index contributed by atoms with van der Waals surface area (Å²) in [7, 11) is -4.10. The molecule has 0 radical (unpaired) electrons. The Morgan fingerprint density at radius 2 is 1.65 bits per heavy atom. The smallest absolute Gasteiger partial charge is 0.497 e. The molecule has 0 bridgehead atoms. The Labute approximate surface area is 200 Å². The minimum Gasteiger partial charge on any atom is -0.497 e. The lowest BCUT2D eigenvalue weighted by molar-refractivity contribution is -0.0500. The van der Waals surface area contributed by atoms with Crippen LogP contribution in [0.4, 0.5) is 13.2 Å². The largest absolute Gasteiger partial charge is 0.534 e. The van der Waals surface area contributed by atoms with Gasteiger partial charge in [-0.15, -0.1) is 0 Å². The fourth-order valence-corrected chi connectivity index (χ4v) is 4.68. The second-order valence-electron chi connectivity index (χ2n) is 7.53. The van der Waals surface area contributed by atoms with Gasteiger partial charge in [-0.1, -0.05) is 50.3 Å². The highest BCUT2D eigenvalue weighted by Crippen LogP contribution is 2.45. The van der Waals surface area contributed by atoms with Crippen molar-refractivity contribution in [1.82, 2.24) is 0 Å². The van der Waals surface area contributed by atoms with Crippen molar-refractivity contribution in [2.75, 3.05) is 7.11 Å². The number of ether oxygens (including phenoxy) is 1. The molecular weight excluding hydrogens is 465 g/mol. The number of aryl methyl sites for hydroxylation is 1. The van der Waals surface area contributed by atoms with Crippen LogP contribution in [0, 0.1) is 5.92 Å². The number of rotatable bonds is 6. The van der Waals surface area contributed by atoms with Gasteiger partial charge < -0.3 is 8.92 Å². The van der Waals surface area contributed by atoms with Gasteiger partial charge in [0.05, 0.1) is 7.11 Å². The van der Waals surface area contributed by atoms with E-state index in [-0.39, 0.29) is 17.6 Å². The molecule has 2 aromatic rings. The summed E-state index contributed by atoms with van der Waals surface area (Å²) < 4.78 is 70.1. The Morgan fingerprint density at radius 3 is 2.18 bits per heavy atom. The molecule has 3 rings (SSSR count). The molecule has 0 heterocycles. The number of allylic oxidation sites excluding steroid dienone is 4. The van der Waals surface area contributed by atoms with Gasteiger partial charge in [0.25, 0.3) is 0 Å². The van der Waals surface area contributed by atoms with Crippen molar-refractivity contribution in [2.45, 2.75) is 52.0 Å². The second-order valence-corrected chi connectivity index (χ2v) is 9.07. The minimum atomic E-state index is -5.71. The Hall–Kier alpha value is -2.74. The molecule has 0 fully saturated rings. The summed E-state index contributed by atoms with van der Waals surface area (Å²) in [5.41, 5.74) is -1.18. The molecule has 2 atom stereocenters. The van der Waals surface area contributed by atoms with Crippen molar-refractivity contribution in [3.63, 3.8) is 0 Å². The van der Waals surface area contributed by atoms with E-state index < -0.39 is 15.6 Å². The molecule has 0 spiro atoms. The molecule has 0 N–H and O–H groups in total. The molecule has 2 aromatic carbocycles. The van der Waals surface area contributed by atoms with Crippen LogP contribution in [0.5, 0.6) is 11.5 Å². The summed E-state index contributed by atoms with van der Waals surface area (Å²) in [6.07, 6.45) is 7.87. The molecule has 1 aliphatic rings. The van der Waals surface area contributed by atoms with Gasteiger partial charge in [-0.05, 0) is 79.1 Å². The number of methoxy groups -OCH3 is 1. The molecule has 4 nitrogen and oxygen atoms in total. The summed E-state index contributed by atoms with van der Waals surface area (Å²) in [5.74, 6) is 0.484. The van der Waals surface area contributed by atoms with Crippen LogP contribution >= 0.6 is 0 Å². The summed E-state index contributed by atoms with van der Waals surface area (Å²) in [5, 5.41) is 0. The van der Waals surface area contributed by atoms with E-state index in [1.807, 2.05) is 52.0 Å². The summed E-state index contributed by atoms with van der Waals surface area (Å²) in [6, 6.07) is 11.7.